The SMILES string of the molecule is COc1ccc(OC)c(SCCc2cn([C@H]3C[C@H](O)[C@@H](COP(=O)(O)O)O3)c3ncnc(N)c23)c1. The van der Waals surface area contributed by atoms with Crippen LogP contribution < -0.4 is 15.2 Å². The summed E-state index contributed by atoms with van der Waals surface area (Å²) in [4.78, 5) is 27.3. The van der Waals surface area contributed by atoms with E-state index in [-0.39, 0.29) is 6.42 Å². The number of aliphatic hydroxyl groups is 1. The molecule has 190 valence electrons. The van der Waals surface area contributed by atoms with Gasteiger partial charge in [-0.3, -0.25) is 4.52 Å². The second kappa shape index (κ2) is 10.7. The van der Waals surface area contributed by atoms with Crippen molar-refractivity contribution >= 4 is 36.4 Å². The Labute approximate surface area is 205 Å². The van der Waals surface area contributed by atoms with Crippen LogP contribution in [-0.2, 0) is 20.2 Å². The van der Waals surface area contributed by atoms with Gasteiger partial charge in [0, 0.05) is 18.4 Å². The Bertz CT molecular complexity index is 1240. The molecule has 35 heavy (non-hydrogen) atoms. The van der Waals surface area contributed by atoms with E-state index in [1.807, 2.05) is 24.4 Å². The number of aliphatic hydroxyl groups excluding tert-OH is 1. The highest BCUT2D eigenvalue weighted by Crippen LogP contribution is 2.40. The Morgan fingerprint density at radius 1 is 1.29 bits per heavy atom. The zero-order valence-corrected chi connectivity index (χ0v) is 20.8. The molecule has 0 unspecified atom stereocenters. The van der Waals surface area contributed by atoms with E-state index in [4.69, 9.17) is 29.7 Å². The lowest BCUT2D eigenvalue weighted by atomic mass is 10.2. The first kappa shape index (κ1) is 25.7. The highest BCUT2D eigenvalue weighted by molar-refractivity contribution is 7.99. The van der Waals surface area contributed by atoms with Gasteiger partial charge in [0.05, 0.1) is 37.2 Å². The number of thioether (sulfide) groups is 1. The molecular formula is C21H27N4O8PS. The van der Waals surface area contributed by atoms with Gasteiger partial charge in [-0.1, -0.05) is 0 Å². The van der Waals surface area contributed by atoms with Crippen molar-refractivity contribution < 1.29 is 38.2 Å². The quantitative estimate of drug-likeness (QED) is 0.224. The number of aromatic nitrogens is 3. The van der Waals surface area contributed by atoms with Gasteiger partial charge in [-0.15, -0.1) is 11.8 Å². The maximum atomic E-state index is 11.0. The minimum absolute atomic E-state index is 0.193. The molecule has 0 bridgehead atoms. The van der Waals surface area contributed by atoms with E-state index in [1.165, 1.54) is 6.33 Å². The average molecular weight is 527 g/mol. The lowest BCUT2D eigenvalue weighted by Crippen LogP contribution is -2.25. The van der Waals surface area contributed by atoms with Crippen LogP contribution in [0.2, 0.25) is 0 Å². The molecule has 3 atom stereocenters. The van der Waals surface area contributed by atoms with Gasteiger partial charge in [0.2, 0.25) is 0 Å². The summed E-state index contributed by atoms with van der Waals surface area (Å²) in [6.45, 7) is -0.440. The Morgan fingerprint density at radius 2 is 2.09 bits per heavy atom. The molecule has 3 heterocycles. The minimum Gasteiger partial charge on any atom is -0.497 e. The number of nitrogen functional groups attached to an aromatic ring is 1. The number of phosphoric acid groups is 1. The topological polar surface area (TPSA) is 171 Å². The highest BCUT2D eigenvalue weighted by Gasteiger charge is 2.37. The fourth-order valence-electron chi connectivity index (χ4n) is 3.97. The minimum atomic E-state index is -4.68. The van der Waals surface area contributed by atoms with Crippen LogP contribution in [0.15, 0.2) is 35.6 Å². The van der Waals surface area contributed by atoms with Crippen LogP contribution in [-0.4, -0.2) is 68.2 Å². The molecule has 0 radical (unpaired) electrons. The van der Waals surface area contributed by atoms with Crippen molar-refractivity contribution in [1.29, 1.82) is 0 Å². The van der Waals surface area contributed by atoms with Crippen molar-refractivity contribution in [3.8, 4) is 11.5 Å². The Balaban J connectivity index is 1.53. The maximum Gasteiger partial charge on any atom is 0.469 e. The normalized spacial score (nSPS) is 20.4. The Morgan fingerprint density at radius 3 is 2.80 bits per heavy atom. The molecule has 5 N–H and O–H groups in total. The number of anilines is 1. The molecule has 1 saturated heterocycles. The first-order valence-electron chi connectivity index (χ1n) is 10.7. The number of ether oxygens (including phenoxy) is 3. The van der Waals surface area contributed by atoms with Crippen LogP contribution in [0.5, 0.6) is 11.5 Å². The third-order valence-electron chi connectivity index (χ3n) is 5.64. The van der Waals surface area contributed by atoms with Crippen LogP contribution in [0.4, 0.5) is 5.82 Å². The van der Waals surface area contributed by atoms with Crippen LogP contribution >= 0.6 is 19.6 Å². The molecule has 0 amide bonds. The Hall–Kier alpha value is -2.38. The molecule has 3 aromatic rings. The molecule has 1 fully saturated rings. The van der Waals surface area contributed by atoms with E-state index in [2.05, 4.69) is 14.5 Å². The average Bonchev–Trinajstić information content (AvgIpc) is 3.38. The summed E-state index contributed by atoms with van der Waals surface area (Å²) in [5.74, 6) is 2.51. The monoisotopic (exact) mass is 526 g/mol. The van der Waals surface area contributed by atoms with Gasteiger partial charge in [0.15, 0.2) is 0 Å². The van der Waals surface area contributed by atoms with E-state index in [1.54, 1.807) is 30.5 Å². The van der Waals surface area contributed by atoms with Gasteiger partial charge in [0.25, 0.3) is 0 Å². The summed E-state index contributed by atoms with van der Waals surface area (Å²) in [7, 11) is -1.45. The van der Waals surface area contributed by atoms with Crippen LogP contribution in [0.3, 0.4) is 0 Å². The molecule has 2 aromatic heterocycles. The van der Waals surface area contributed by atoms with E-state index >= 15 is 0 Å². The summed E-state index contributed by atoms with van der Waals surface area (Å²) < 4.78 is 33.9. The molecule has 1 aliphatic heterocycles. The molecule has 4 rings (SSSR count). The Kier molecular flexibility index (Phi) is 7.86. The fourth-order valence-corrected chi connectivity index (χ4v) is 5.35. The number of rotatable bonds is 10. The van der Waals surface area contributed by atoms with Crippen LogP contribution in [0, 0.1) is 0 Å². The lowest BCUT2D eigenvalue weighted by Gasteiger charge is -2.16. The molecule has 1 aliphatic rings. The van der Waals surface area contributed by atoms with Gasteiger partial charge in [-0.2, -0.15) is 0 Å². The number of nitrogens with zero attached hydrogens (tertiary/aromatic N) is 3. The third-order valence-corrected chi connectivity index (χ3v) is 7.16. The number of fused-ring (bicyclic) bond motifs is 1. The first-order chi connectivity index (χ1) is 16.7. The predicted octanol–water partition coefficient (Wildman–Crippen LogP) is 2.12. The number of aryl methyl sites for hydroxylation is 1. The van der Waals surface area contributed by atoms with E-state index in [0.717, 1.165) is 22.0 Å². The van der Waals surface area contributed by atoms with Crippen LogP contribution in [0.1, 0.15) is 18.2 Å². The van der Waals surface area contributed by atoms with Crippen molar-refractivity contribution in [1.82, 2.24) is 14.5 Å². The van der Waals surface area contributed by atoms with Gasteiger partial charge in [0.1, 0.15) is 41.6 Å². The number of nitrogens with two attached hydrogens (primary N) is 1. The summed E-state index contributed by atoms with van der Waals surface area (Å²) in [5.41, 5.74) is 7.63. The van der Waals surface area contributed by atoms with E-state index < -0.39 is 32.9 Å². The van der Waals surface area contributed by atoms with Gasteiger partial charge in [-0.25, -0.2) is 14.5 Å². The van der Waals surface area contributed by atoms with Crippen LogP contribution in [0.25, 0.3) is 11.0 Å². The maximum absolute atomic E-state index is 11.0. The highest BCUT2D eigenvalue weighted by atomic mass is 32.2. The van der Waals surface area contributed by atoms with Gasteiger partial charge < -0.3 is 39.4 Å². The molecule has 14 heteroatoms. The second-order valence-corrected chi connectivity index (χ2v) is 10.2. The predicted molar refractivity (Wildman–Crippen MR) is 128 cm³/mol. The molecule has 0 spiro atoms. The zero-order valence-electron chi connectivity index (χ0n) is 19.1. The van der Waals surface area contributed by atoms with E-state index in [0.29, 0.717) is 29.0 Å². The summed E-state index contributed by atoms with van der Waals surface area (Å²) in [6.07, 6.45) is 1.55. The van der Waals surface area contributed by atoms with Crippen molar-refractivity contribution in [2.75, 3.05) is 32.3 Å². The standard InChI is InChI=1S/C21H27N4O8PS/c1-30-13-3-4-15(31-2)17(7-13)35-6-5-12-9-25(21-19(12)20(22)23-11-24-21)18-8-14(26)16(33-18)10-32-34(27,28)29/h3-4,7,9,11,14,16,18,26H,5-6,8,10H2,1-2H3,(H2,22,23,24)(H2,27,28,29)/t14-,16+,18+/m0/s1. The molecular weight excluding hydrogens is 499 g/mol. The van der Waals surface area contributed by atoms with Crippen molar-refractivity contribution in [3.05, 3.63) is 36.3 Å². The summed E-state index contributed by atoms with van der Waals surface area (Å²) in [5, 5.41) is 11.0. The fraction of sp³-hybridized carbons (Fsp3) is 0.429. The summed E-state index contributed by atoms with van der Waals surface area (Å²) >= 11 is 1.60. The number of methoxy groups -OCH3 is 2. The van der Waals surface area contributed by atoms with Crippen molar-refractivity contribution in [2.45, 2.75) is 36.2 Å². The molecule has 0 saturated carbocycles. The third kappa shape index (κ3) is 5.89. The summed E-state index contributed by atoms with van der Waals surface area (Å²) in [6, 6.07) is 5.61. The first-order valence-corrected chi connectivity index (χ1v) is 13.2. The molecule has 0 aliphatic carbocycles. The second-order valence-electron chi connectivity index (χ2n) is 7.85. The number of benzene rings is 1. The largest absolute Gasteiger partial charge is 0.497 e. The van der Waals surface area contributed by atoms with Crippen molar-refractivity contribution in [3.63, 3.8) is 0 Å². The van der Waals surface area contributed by atoms with Gasteiger partial charge in [-0.05, 0) is 30.2 Å². The molecule has 12 nitrogen and oxygen atoms in total. The number of hydrogen-bond donors (Lipinski definition) is 4. The number of hydrogen-bond acceptors (Lipinski definition) is 10. The van der Waals surface area contributed by atoms with Crippen molar-refractivity contribution in [2.24, 2.45) is 0 Å². The zero-order chi connectivity index (χ0) is 25.2. The number of phosphoric ester groups is 1. The molecule has 1 aromatic carbocycles. The van der Waals surface area contributed by atoms with E-state index in [9.17, 15) is 9.67 Å². The smallest absolute Gasteiger partial charge is 0.469 e. The lowest BCUT2D eigenvalue weighted by molar-refractivity contribution is -0.0422. The van der Waals surface area contributed by atoms with Gasteiger partial charge >= 0.3 is 7.82 Å².